The van der Waals surface area contributed by atoms with Crippen LogP contribution in [-0.4, -0.2) is 13.1 Å². The number of halogens is 2. The highest BCUT2D eigenvalue weighted by Gasteiger charge is 2.07. The average Bonchev–Trinajstić information content (AvgIpc) is 2.24. The molecule has 0 aliphatic carbocycles. The highest BCUT2D eigenvalue weighted by Crippen LogP contribution is 2.21. The van der Waals surface area contributed by atoms with Crippen molar-refractivity contribution in [1.82, 2.24) is 5.32 Å². The van der Waals surface area contributed by atoms with Crippen molar-refractivity contribution >= 4 is 11.6 Å². The van der Waals surface area contributed by atoms with E-state index in [0.717, 1.165) is 31.5 Å². The van der Waals surface area contributed by atoms with Crippen LogP contribution in [0.3, 0.4) is 0 Å². The minimum absolute atomic E-state index is 0.210. The molecular formula is C13H19ClFN. The van der Waals surface area contributed by atoms with Crippen LogP contribution in [0.25, 0.3) is 0 Å². The maximum absolute atomic E-state index is 13.0. The molecule has 0 fully saturated rings. The third kappa shape index (κ3) is 4.50. The largest absolute Gasteiger partial charge is 0.317 e. The number of nitrogens with one attached hydrogen (secondary N) is 1. The second-order valence-electron chi connectivity index (χ2n) is 4.19. The van der Waals surface area contributed by atoms with Gasteiger partial charge in [-0.2, -0.15) is 0 Å². The average molecular weight is 244 g/mol. The molecule has 0 aromatic heterocycles. The van der Waals surface area contributed by atoms with Gasteiger partial charge >= 0.3 is 0 Å². The Hall–Kier alpha value is -0.600. The molecule has 0 bridgehead atoms. The second kappa shape index (κ2) is 6.87. The van der Waals surface area contributed by atoms with Crippen molar-refractivity contribution in [2.45, 2.75) is 26.7 Å². The molecule has 0 heterocycles. The quantitative estimate of drug-likeness (QED) is 0.752. The van der Waals surface area contributed by atoms with E-state index in [4.69, 9.17) is 11.6 Å². The summed E-state index contributed by atoms with van der Waals surface area (Å²) in [5.74, 6) is 0.302. The molecule has 0 radical (unpaired) electrons. The standard InChI is InChI=1S/C13H19ClFN/c1-3-16-7-6-10(2)8-11-9-12(15)4-5-13(11)14/h4-5,9-10,16H,3,6-8H2,1-2H3. The maximum Gasteiger partial charge on any atom is 0.123 e. The predicted molar refractivity (Wildman–Crippen MR) is 67.4 cm³/mol. The van der Waals surface area contributed by atoms with Crippen LogP contribution in [0.5, 0.6) is 0 Å². The molecule has 0 saturated heterocycles. The maximum atomic E-state index is 13.0. The van der Waals surface area contributed by atoms with Gasteiger partial charge in [0.1, 0.15) is 5.82 Å². The summed E-state index contributed by atoms with van der Waals surface area (Å²) in [5.41, 5.74) is 0.908. The zero-order chi connectivity index (χ0) is 12.0. The van der Waals surface area contributed by atoms with Crippen LogP contribution in [0, 0.1) is 11.7 Å². The molecule has 0 aliphatic rings. The fourth-order valence-corrected chi connectivity index (χ4v) is 1.90. The third-order valence-electron chi connectivity index (χ3n) is 2.64. The van der Waals surface area contributed by atoms with Gasteiger partial charge in [-0.05, 0) is 55.6 Å². The lowest BCUT2D eigenvalue weighted by Gasteiger charge is -2.12. The molecule has 0 amide bonds. The minimum Gasteiger partial charge on any atom is -0.317 e. The van der Waals surface area contributed by atoms with Crippen molar-refractivity contribution in [2.75, 3.05) is 13.1 Å². The van der Waals surface area contributed by atoms with E-state index in [1.165, 1.54) is 12.1 Å². The Morgan fingerprint density at radius 2 is 2.19 bits per heavy atom. The highest BCUT2D eigenvalue weighted by atomic mass is 35.5. The Morgan fingerprint density at radius 1 is 1.44 bits per heavy atom. The SMILES string of the molecule is CCNCCC(C)Cc1cc(F)ccc1Cl. The van der Waals surface area contributed by atoms with Gasteiger partial charge in [-0.1, -0.05) is 25.4 Å². The van der Waals surface area contributed by atoms with E-state index in [2.05, 4.69) is 19.2 Å². The summed E-state index contributed by atoms with van der Waals surface area (Å²) < 4.78 is 13.0. The Labute approximate surface area is 102 Å². The van der Waals surface area contributed by atoms with Crippen molar-refractivity contribution in [3.05, 3.63) is 34.6 Å². The molecule has 3 heteroatoms. The van der Waals surface area contributed by atoms with E-state index in [-0.39, 0.29) is 5.82 Å². The lowest BCUT2D eigenvalue weighted by molar-refractivity contribution is 0.503. The number of benzene rings is 1. The first-order valence-electron chi connectivity index (χ1n) is 5.78. The van der Waals surface area contributed by atoms with Gasteiger partial charge in [0.05, 0.1) is 0 Å². The normalized spacial score (nSPS) is 12.8. The molecular weight excluding hydrogens is 225 g/mol. The molecule has 90 valence electrons. The van der Waals surface area contributed by atoms with Crippen molar-refractivity contribution in [3.8, 4) is 0 Å². The lowest BCUT2D eigenvalue weighted by atomic mass is 9.98. The molecule has 1 nitrogen and oxygen atoms in total. The Bertz CT molecular complexity index is 328. The van der Waals surface area contributed by atoms with Crippen molar-refractivity contribution in [1.29, 1.82) is 0 Å². The van der Waals surface area contributed by atoms with Gasteiger partial charge < -0.3 is 5.32 Å². The van der Waals surface area contributed by atoms with Gasteiger partial charge in [0, 0.05) is 5.02 Å². The van der Waals surface area contributed by atoms with Crippen LogP contribution < -0.4 is 5.32 Å². The summed E-state index contributed by atoms with van der Waals surface area (Å²) in [6.45, 7) is 6.25. The number of hydrogen-bond acceptors (Lipinski definition) is 1. The summed E-state index contributed by atoms with van der Waals surface area (Å²) in [6, 6.07) is 4.56. The topological polar surface area (TPSA) is 12.0 Å². The van der Waals surface area contributed by atoms with Crippen molar-refractivity contribution in [3.63, 3.8) is 0 Å². The van der Waals surface area contributed by atoms with E-state index >= 15 is 0 Å². The summed E-state index contributed by atoms with van der Waals surface area (Å²) in [5, 5.41) is 3.95. The number of rotatable bonds is 6. The van der Waals surface area contributed by atoms with E-state index in [1.807, 2.05) is 0 Å². The van der Waals surface area contributed by atoms with E-state index in [9.17, 15) is 4.39 Å². The van der Waals surface area contributed by atoms with Crippen LogP contribution in [-0.2, 0) is 6.42 Å². The molecule has 0 saturated carbocycles. The summed E-state index contributed by atoms with van der Waals surface area (Å²) >= 11 is 6.02. The molecule has 1 aromatic rings. The third-order valence-corrected chi connectivity index (χ3v) is 3.01. The van der Waals surface area contributed by atoms with Gasteiger partial charge in [0.25, 0.3) is 0 Å². The predicted octanol–water partition coefficient (Wildman–Crippen LogP) is 3.66. The molecule has 0 aliphatic heterocycles. The molecule has 1 atom stereocenters. The zero-order valence-electron chi connectivity index (χ0n) is 9.89. The first-order valence-corrected chi connectivity index (χ1v) is 6.16. The smallest absolute Gasteiger partial charge is 0.123 e. The second-order valence-corrected chi connectivity index (χ2v) is 4.59. The van der Waals surface area contributed by atoms with E-state index in [0.29, 0.717) is 10.9 Å². The molecule has 16 heavy (non-hydrogen) atoms. The Balaban J connectivity index is 2.48. The molecule has 0 spiro atoms. The molecule has 1 rings (SSSR count). The lowest BCUT2D eigenvalue weighted by Crippen LogP contribution is -2.17. The monoisotopic (exact) mass is 243 g/mol. The summed E-state index contributed by atoms with van der Waals surface area (Å²) in [4.78, 5) is 0. The fraction of sp³-hybridized carbons (Fsp3) is 0.538. The van der Waals surface area contributed by atoms with Gasteiger partial charge in [-0.3, -0.25) is 0 Å². The van der Waals surface area contributed by atoms with Crippen molar-refractivity contribution < 1.29 is 4.39 Å². The summed E-state index contributed by atoms with van der Waals surface area (Å²) in [7, 11) is 0. The first-order chi connectivity index (χ1) is 7.63. The molecule has 1 N–H and O–H groups in total. The number of hydrogen-bond donors (Lipinski definition) is 1. The van der Waals surface area contributed by atoms with Gasteiger partial charge in [0.2, 0.25) is 0 Å². The van der Waals surface area contributed by atoms with Crippen LogP contribution in [0.2, 0.25) is 5.02 Å². The van der Waals surface area contributed by atoms with Crippen LogP contribution >= 0.6 is 11.6 Å². The van der Waals surface area contributed by atoms with Gasteiger partial charge in [-0.15, -0.1) is 0 Å². The first kappa shape index (κ1) is 13.5. The van der Waals surface area contributed by atoms with Crippen LogP contribution in [0.4, 0.5) is 4.39 Å². The van der Waals surface area contributed by atoms with Gasteiger partial charge in [0.15, 0.2) is 0 Å². The highest BCUT2D eigenvalue weighted by molar-refractivity contribution is 6.31. The van der Waals surface area contributed by atoms with Crippen LogP contribution in [0.15, 0.2) is 18.2 Å². The summed E-state index contributed by atoms with van der Waals surface area (Å²) in [6.07, 6.45) is 1.92. The molecule has 1 aromatic carbocycles. The van der Waals surface area contributed by atoms with E-state index in [1.54, 1.807) is 6.07 Å². The Kier molecular flexibility index (Phi) is 5.78. The minimum atomic E-state index is -0.210. The molecule has 1 unspecified atom stereocenters. The van der Waals surface area contributed by atoms with Crippen molar-refractivity contribution in [2.24, 2.45) is 5.92 Å². The fourth-order valence-electron chi connectivity index (χ4n) is 1.70. The zero-order valence-corrected chi connectivity index (χ0v) is 10.6. The van der Waals surface area contributed by atoms with Crippen LogP contribution in [0.1, 0.15) is 25.8 Å². The van der Waals surface area contributed by atoms with Gasteiger partial charge in [-0.25, -0.2) is 4.39 Å². The van der Waals surface area contributed by atoms with E-state index < -0.39 is 0 Å². The Morgan fingerprint density at radius 3 is 2.88 bits per heavy atom.